The summed E-state index contributed by atoms with van der Waals surface area (Å²) in [7, 11) is 1.65. The van der Waals surface area contributed by atoms with Crippen LogP contribution in [0.5, 0.6) is 0 Å². The molecule has 0 bridgehead atoms. The molecule has 0 radical (unpaired) electrons. The molecule has 0 saturated heterocycles. The zero-order valence-electron chi connectivity index (χ0n) is 9.92. The highest BCUT2D eigenvalue weighted by Gasteiger charge is 2.12. The van der Waals surface area contributed by atoms with Crippen molar-refractivity contribution in [2.24, 2.45) is 0 Å². The van der Waals surface area contributed by atoms with Gasteiger partial charge in [0, 0.05) is 18.7 Å². The topological polar surface area (TPSA) is 72.6 Å². The quantitative estimate of drug-likeness (QED) is 0.877. The number of rotatable bonds is 5. The number of carbonyl (C=O) groups is 1. The number of benzene rings is 1. The monoisotopic (exact) mass is 247 g/mol. The van der Waals surface area contributed by atoms with E-state index in [-0.39, 0.29) is 5.76 Å². The molecule has 0 aliphatic carbocycles. The van der Waals surface area contributed by atoms with Gasteiger partial charge in [0.15, 0.2) is 0 Å². The Morgan fingerprint density at radius 1 is 1.44 bits per heavy atom. The molecule has 0 saturated carbocycles. The number of aromatic carboxylic acids is 1. The van der Waals surface area contributed by atoms with Crippen molar-refractivity contribution in [3.05, 3.63) is 41.7 Å². The summed E-state index contributed by atoms with van der Waals surface area (Å²) in [6.45, 7) is 0.642. The molecule has 0 atom stereocenters. The molecule has 0 spiro atoms. The Hall–Kier alpha value is -2.14. The van der Waals surface area contributed by atoms with Gasteiger partial charge in [-0.25, -0.2) is 4.79 Å². The fraction of sp³-hybridized carbons (Fsp3) is 0.231. The first-order chi connectivity index (χ1) is 8.70. The zero-order valence-corrected chi connectivity index (χ0v) is 9.92. The molecule has 5 heteroatoms. The molecule has 0 unspecified atom stereocenters. The van der Waals surface area contributed by atoms with Crippen LogP contribution in [0, 0.1) is 0 Å². The zero-order chi connectivity index (χ0) is 13.0. The van der Waals surface area contributed by atoms with Crippen LogP contribution in [0.4, 0.5) is 0 Å². The molecule has 1 N–H and O–H groups in total. The highest BCUT2D eigenvalue weighted by molar-refractivity contribution is 5.85. The van der Waals surface area contributed by atoms with Crippen molar-refractivity contribution in [2.75, 3.05) is 13.7 Å². The van der Waals surface area contributed by atoms with Crippen molar-refractivity contribution in [1.29, 1.82) is 0 Å². The first kappa shape index (κ1) is 12.3. The molecule has 1 aromatic heterocycles. The molecule has 5 nitrogen and oxygen atoms in total. The summed E-state index contributed by atoms with van der Waals surface area (Å²) in [4.78, 5) is 10.7. The minimum Gasteiger partial charge on any atom is -0.475 e. The van der Waals surface area contributed by atoms with Crippen LogP contribution in [0.15, 0.2) is 34.9 Å². The van der Waals surface area contributed by atoms with Crippen LogP contribution in [0.25, 0.3) is 11.3 Å². The van der Waals surface area contributed by atoms with Crippen LogP contribution in [0.1, 0.15) is 16.1 Å². The second kappa shape index (κ2) is 5.46. The van der Waals surface area contributed by atoms with Gasteiger partial charge < -0.3 is 14.4 Å². The third-order valence-corrected chi connectivity index (χ3v) is 2.54. The van der Waals surface area contributed by atoms with E-state index in [4.69, 9.17) is 14.4 Å². The number of carboxylic acids is 1. The van der Waals surface area contributed by atoms with Gasteiger partial charge in [-0.15, -0.1) is 0 Å². The molecule has 0 fully saturated rings. The number of hydrogen-bond acceptors (Lipinski definition) is 4. The molecule has 0 aliphatic heterocycles. The molecule has 18 heavy (non-hydrogen) atoms. The highest BCUT2D eigenvalue weighted by Crippen LogP contribution is 2.20. The van der Waals surface area contributed by atoms with Crippen LogP contribution < -0.4 is 0 Å². The molecular weight excluding hydrogens is 234 g/mol. The first-order valence-corrected chi connectivity index (χ1v) is 5.49. The van der Waals surface area contributed by atoms with E-state index in [9.17, 15) is 4.79 Å². The number of carboxylic acid groups (broad SMARTS) is 1. The average Bonchev–Trinajstić information content (AvgIpc) is 2.86. The van der Waals surface area contributed by atoms with Gasteiger partial charge in [0.05, 0.1) is 6.61 Å². The third-order valence-electron chi connectivity index (χ3n) is 2.54. The largest absolute Gasteiger partial charge is 0.475 e. The summed E-state index contributed by atoms with van der Waals surface area (Å²) in [5.41, 5.74) is 2.46. The summed E-state index contributed by atoms with van der Waals surface area (Å²) in [5.74, 6) is -1.28. The minimum absolute atomic E-state index is 0.160. The van der Waals surface area contributed by atoms with Crippen LogP contribution in [-0.2, 0) is 11.2 Å². The Balaban J connectivity index is 2.23. The van der Waals surface area contributed by atoms with Gasteiger partial charge in [-0.2, -0.15) is 0 Å². The van der Waals surface area contributed by atoms with E-state index in [0.29, 0.717) is 12.3 Å². The van der Waals surface area contributed by atoms with Crippen molar-refractivity contribution in [2.45, 2.75) is 6.42 Å². The average molecular weight is 247 g/mol. The van der Waals surface area contributed by atoms with Gasteiger partial charge in [-0.1, -0.05) is 23.4 Å². The van der Waals surface area contributed by atoms with E-state index >= 15 is 0 Å². The lowest BCUT2D eigenvalue weighted by Gasteiger charge is -2.02. The van der Waals surface area contributed by atoms with Gasteiger partial charge in [0.2, 0.25) is 5.76 Å². The first-order valence-electron chi connectivity index (χ1n) is 5.49. The summed E-state index contributed by atoms with van der Waals surface area (Å²) >= 11 is 0. The summed E-state index contributed by atoms with van der Waals surface area (Å²) < 4.78 is 9.74. The maximum Gasteiger partial charge on any atom is 0.374 e. The SMILES string of the molecule is COCCc1cccc(-c2cc(C(=O)O)on2)c1. The summed E-state index contributed by atoms with van der Waals surface area (Å²) in [6.07, 6.45) is 0.800. The molecular formula is C13H13NO4. The molecule has 2 aromatic rings. The summed E-state index contributed by atoms with van der Waals surface area (Å²) in [5, 5.41) is 12.5. The number of ether oxygens (including phenoxy) is 1. The second-order valence-electron chi connectivity index (χ2n) is 3.82. The maximum absolute atomic E-state index is 10.7. The van der Waals surface area contributed by atoms with Crippen LogP contribution in [-0.4, -0.2) is 29.9 Å². The number of methoxy groups -OCH3 is 1. The number of aromatic nitrogens is 1. The summed E-state index contributed by atoms with van der Waals surface area (Å²) in [6, 6.07) is 9.11. The van der Waals surface area contributed by atoms with E-state index in [0.717, 1.165) is 17.5 Å². The maximum atomic E-state index is 10.7. The molecule has 1 aromatic carbocycles. The Labute approximate surface area is 104 Å². The van der Waals surface area contributed by atoms with Crippen LogP contribution >= 0.6 is 0 Å². The molecule has 0 amide bonds. The lowest BCUT2D eigenvalue weighted by Crippen LogP contribution is -1.94. The van der Waals surface area contributed by atoms with Crippen molar-refractivity contribution >= 4 is 5.97 Å². The normalized spacial score (nSPS) is 10.5. The van der Waals surface area contributed by atoms with Gasteiger partial charge in [-0.3, -0.25) is 0 Å². The molecule has 2 rings (SSSR count). The van der Waals surface area contributed by atoms with Crippen molar-refractivity contribution in [3.63, 3.8) is 0 Å². The Kier molecular flexibility index (Phi) is 3.74. The van der Waals surface area contributed by atoms with Gasteiger partial charge in [-0.05, 0) is 18.1 Å². The predicted octanol–water partition coefficient (Wildman–Crippen LogP) is 2.23. The van der Waals surface area contributed by atoms with E-state index < -0.39 is 5.97 Å². The minimum atomic E-state index is -1.12. The van der Waals surface area contributed by atoms with Crippen molar-refractivity contribution in [1.82, 2.24) is 5.16 Å². The fourth-order valence-electron chi connectivity index (χ4n) is 1.62. The molecule has 94 valence electrons. The van der Waals surface area contributed by atoms with Crippen LogP contribution in [0.3, 0.4) is 0 Å². The Morgan fingerprint density at radius 2 is 2.28 bits per heavy atom. The van der Waals surface area contributed by atoms with Gasteiger partial charge >= 0.3 is 5.97 Å². The van der Waals surface area contributed by atoms with E-state index in [2.05, 4.69) is 5.16 Å². The van der Waals surface area contributed by atoms with E-state index in [1.54, 1.807) is 7.11 Å². The smallest absolute Gasteiger partial charge is 0.374 e. The third kappa shape index (κ3) is 2.75. The van der Waals surface area contributed by atoms with Crippen molar-refractivity contribution in [3.8, 4) is 11.3 Å². The molecule has 1 heterocycles. The lowest BCUT2D eigenvalue weighted by molar-refractivity contribution is 0.0652. The standard InChI is InChI=1S/C13H13NO4/c1-17-6-5-9-3-2-4-10(7-9)11-8-12(13(15)16)18-14-11/h2-4,7-8H,5-6H2,1H3,(H,15,16). The van der Waals surface area contributed by atoms with Gasteiger partial charge in [0.1, 0.15) is 5.69 Å². The second-order valence-corrected chi connectivity index (χ2v) is 3.82. The molecule has 0 aliphatic rings. The fourth-order valence-corrected chi connectivity index (χ4v) is 1.62. The predicted molar refractivity (Wildman–Crippen MR) is 64.5 cm³/mol. The Morgan fingerprint density at radius 3 is 2.94 bits per heavy atom. The van der Waals surface area contributed by atoms with Gasteiger partial charge in [0.25, 0.3) is 0 Å². The van der Waals surface area contributed by atoms with E-state index in [1.807, 2.05) is 24.3 Å². The lowest BCUT2D eigenvalue weighted by atomic mass is 10.1. The van der Waals surface area contributed by atoms with Crippen LogP contribution in [0.2, 0.25) is 0 Å². The number of nitrogens with zero attached hydrogens (tertiary/aromatic N) is 1. The van der Waals surface area contributed by atoms with Crippen molar-refractivity contribution < 1.29 is 19.2 Å². The Bertz CT molecular complexity index is 547. The van der Waals surface area contributed by atoms with E-state index in [1.165, 1.54) is 6.07 Å². The highest BCUT2D eigenvalue weighted by atomic mass is 16.5. The number of hydrogen-bond donors (Lipinski definition) is 1.